The molecule has 2 aliphatic rings. The number of benzene rings is 1. The number of anilines is 1. The highest BCUT2D eigenvalue weighted by atomic mass is 16.4. The van der Waals surface area contributed by atoms with Crippen molar-refractivity contribution in [1.82, 2.24) is 5.32 Å². The van der Waals surface area contributed by atoms with E-state index in [1.54, 1.807) is 4.90 Å². The van der Waals surface area contributed by atoms with Gasteiger partial charge < -0.3 is 10.4 Å². The zero-order valence-electron chi connectivity index (χ0n) is 13.5. The number of amides is 2. The second kappa shape index (κ2) is 6.60. The Morgan fingerprint density at radius 2 is 1.91 bits per heavy atom. The zero-order chi connectivity index (χ0) is 16.4. The number of carboxylic acids is 1. The van der Waals surface area contributed by atoms with Gasteiger partial charge >= 0.3 is 12.0 Å². The van der Waals surface area contributed by atoms with E-state index in [-0.39, 0.29) is 6.03 Å². The fourth-order valence-corrected chi connectivity index (χ4v) is 3.90. The van der Waals surface area contributed by atoms with Gasteiger partial charge in [0.05, 0.1) is 0 Å². The molecule has 0 radical (unpaired) electrons. The van der Waals surface area contributed by atoms with Gasteiger partial charge in [-0.25, -0.2) is 4.79 Å². The van der Waals surface area contributed by atoms with Gasteiger partial charge in [-0.05, 0) is 37.3 Å². The third kappa shape index (κ3) is 3.19. The monoisotopic (exact) mass is 316 g/mol. The highest BCUT2D eigenvalue weighted by molar-refractivity contribution is 5.96. The van der Waals surface area contributed by atoms with Gasteiger partial charge in [-0.2, -0.15) is 0 Å². The second-order valence-electron chi connectivity index (χ2n) is 6.68. The lowest BCUT2D eigenvalue weighted by molar-refractivity contribution is -0.138. The summed E-state index contributed by atoms with van der Waals surface area (Å²) in [6.07, 6.45) is 6.29. The van der Waals surface area contributed by atoms with Crippen LogP contribution in [0.1, 0.15) is 50.5 Å². The summed E-state index contributed by atoms with van der Waals surface area (Å²) in [6, 6.07) is 6.83. The molecule has 1 aliphatic carbocycles. The van der Waals surface area contributed by atoms with Gasteiger partial charge in [-0.1, -0.05) is 37.5 Å². The molecule has 2 atom stereocenters. The van der Waals surface area contributed by atoms with Gasteiger partial charge in [0, 0.05) is 18.2 Å². The van der Waals surface area contributed by atoms with Gasteiger partial charge in [-0.3, -0.25) is 9.69 Å². The van der Waals surface area contributed by atoms with E-state index in [4.69, 9.17) is 5.11 Å². The summed E-state index contributed by atoms with van der Waals surface area (Å²) in [4.78, 5) is 25.2. The van der Waals surface area contributed by atoms with Gasteiger partial charge in [-0.15, -0.1) is 0 Å². The summed E-state index contributed by atoms with van der Waals surface area (Å²) < 4.78 is 0. The maximum Gasteiger partial charge on any atom is 0.325 e. The van der Waals surface area contributed by atoms with Crippen molar-refractivity contribution >= 4 is 17.7 Å². The Bertz CT molecular complexity index is 596. The summed E-state index contributed by atoms with van der Waals surface area (Å²) >= 11 is 0. The molecule has 124 valence electrons. The van der Waals surface area contributed by atoms with E-state index in [1.165, 1.54) is 44.6 Å². The smallest absolute Gasteiger partial charge is 0.325 e. The number of hydrogen-bond donors (Lipinski definition) is 2. The largest absolute Gasteiger partial charge is 0.480 e. The summed E-state index contributed by atoms with van der Waals surface area (Å²) in [5, 5.41) is 11.6. The van der Waals surface area contributed by atoms with Crippen LogP contribution in [-0.2, 0) is 4.79 Å². The number of aliphatic carboxylic acids is 1. The Morgan fingerprint density at radius 3 is 2.61 bits per heavy atom. The number of urea groups is 1. The van der Waals surface area contributed by atoms with Crippen LogP contribution < -0.4 is 10.2 Å². The van der Waals surface area contributed by atoms with E-state index < -0.39 is 12.0 Å². The first-order valence-electron chi connectivity index (χ1n) is 8.47. The number of carboxylic acid groups (broad SMARTS) is 1. The first kappa shape index (κ1) is 15.8. The van der Waals surface area contributed by atoms with Gasteiger partial charge in [0.1, 0.15) is 6.04 Å². The van der Waals surface area contributed by atoms with Crippen LogP contribution in [0.15, 0.2) is 24.3 Å². The first-order chi connectivity index (χ1) is 11.1. The van der Waals surface area contributed by atoms with Crippen molar-refractivity contribution in [3.05, 3.63) is 29.8 Å². The third-order valence-electron chi connectivity index (χ3n) is 5.18. The van der Waals surface area contributed by atoms with Crippen molar-refractivity contribution < 1.29 is 14.7 Å². The molecule has 23 heavy (non-hydrogen) atoms. The second-order valence-corrected chi connectivity index (χ2v) is 6.68. The fourth-order valence-electron chi connectivity index (χ4n) is 3.90. The number of carbonyl (C=O) groups excluding carboxylic acids is 1. The molecular formula is C18H24N2O3. The molecule has 1 fully saturated rings. The quantitative estimate of drug-likeness (QED) is 0.898. The molecule has 0 spiro atoms. The van der Waals surface area contributed by atoms with Crippen LogP contribution in [0.25, 0.3) is 0 Å². The fraction of sp³-hybridized carbons (Fsp3) is 0.556. The molecular weight excluding hydrogens is 292 g/mol. The average molecular weight is 316 g/mol. The minimum absolute atomic E-state index is 0.314. The Balaban J connectivity index is 1.80. The Morgan fingerprint density at radius 1 is 1.22 bits per heavy atom. The standard InChI is InChI=1S/C18H24N2O3/c1-12(17(21)22)19-18(23)20-11-15(13-7-3-2-4-8-13)14-9-5-6-10-16(14)20/h5-6,9-10,12-13,15H,2-4,7-8,11H2,1H3,(H,19,23)(H,21,22)/t12?,15-/m0/s1. The highest BCUT2D eigenvalue weighted by Gasteiger charge is 2.37. The van der Waals surface area contributed by atoms with E-state index >= 15 is 0 Å². The van der Waals surface area contributed by atoms with E-state index in [0.717, 1.165) is 5.69 Å². The van der Waals surface area contributed by atoms with Crippen LogP contribution in [-0.4, -0.2) is 29.7 Å². The van der Waals surface area contributed by atoms with E-state index in [2.05, 4.69) is 11.4 Å². The molecule has 2 N–H and O–H groups in total. The molecule has 0 aromatic heterocycles. The summed E-state index contributed by atoms with van der Waals surface area (Å²) in [5.74, 6) is -0.0216. The molecule has 3 rings (SSSR count). The molecule has 2 amide bonds. The van der Waals surface area contributed by atoms with Crippen LogP contribution in [0.2, 0.25) is 0 Å². The molecule has 5 heteroatoms. The van der Waals surface area contributed by atoms with Crippen molar-refractivity contribution in [1.29, 1.82) is 0 Å². The van der Waals surface area contributed by atoms with Crippen molar-refractivity contribution in [2.45, 2.75) is 51.0 Å². The number of carbonyl (C=O) groups is 2. The number of nitrogens with zero attached hydrogens (tertiary/aromatic N) is 1. The molecule has 0 bridgehead atoms. The number of para-hydroxylation sites is 1. The molecule has 1 heterocycles. The lowest BCUT2D eigenvalue weighted by atomic mass is 9.78. The van der Waals surface area contributed by atoms with E-state index in [1.807, 2.05) is 18.2 Å². The lowest BCUT2D eigenvalue weighted by Gasteiger charge is -2.28. The van der Waals surface area contributed by atoms with Crippen LogP contribution >= 0.6 is 0 Å². The minimum atomic E-state index is -1.02. The maximum absolute atomic E-state index is 12.5. The zero-order valence-corrected chi connectivity index (χ0v) is 13.5. The highest BCUT2D eigenvalue weighted by Crippen LogP contribution is 2.44. The van der Waals surface area contributed by atoms with Gasteiger partial charge in [0.25, 0.3) is 0 Å². The molecule has 1 saturated carbocycles. The van der Waals surface area contributed by atoms with Gasteiger partial charge in [0.2, 0.25) is 0 Å². The number of rotatable bonds is 3. The predicted octanol–water partition coefficient (Wildman–Crippen LogP) is 3.35. The SMILES string of the molecule is CC(NC(=O)N1C[C@@H](C2CCCCC2)c2ccccc21)C(=O)O. The molecule has 1 unspecified atom stereocenters. The first-order valence-corrected chi connectivity index (χ1v) is 8.47. The van der Waals surface area contributed by atoms with Crippen molar-refractivity contribution in [3.8, 4) is 0 Å². The Hall–Kier alpha value is -2.04. The van der Waals surface area contributed by atoms with E-state index in [0.29, 0.717) is 18.4 Å². The summed E-state index contributed by atoms with van der Waals surface area (Å²) in [5.41, 5.74) is 2.16. The maximum atomic E-state index is 12.5. The molecule has 1 aliphatic heterocycles. The van der Waals surface area contributed by atoms with Crippen molar-refractivity contribution in [2.75, 3.05) is 11.4 Å². The predicted molar refractivity (Wildman–Crippen MR) is 88.7 cm³/mol. The van der Waals surface area contributed by atoms with Crippen molar-refractivity contribution in [2.24, 2.45) is 5.92 Å². The normalized spacial score (nSPS) is 22.5. The lowest BCUT2D eigenvalue weighted by Crippen LogP contribution is -2.46. The number of hydrogen-bond acceptors (Lipinski definition) is 2. The molecule has 1 aromatic carbocycles. The summed E-state index contributed by atoms with van der Waals surface area (Å²) in [7, 11) is 0. The van der Waals surface area contributed by atoms with Gasteiger partial charge in [0.15, 0.2) is 0 Å². The van der Waals surface area contributed by atoms with Crippen LogP contribution in [0.4, 0.5) is 10.5 Å². The summed E-state index contributed by atoms with van der Waals surface area (Å²) in [6.45, 7) is 2.14. The average Bonchev–Trinajstić information content (AvgIpc) is 2.95. The van der Waals surface area contributed by atoms with Crippen LogP contribution in [0, 0.1) is 5.92 Å². The number of fused-ring (bicyclic) bond motifs is 1. The molecule has 1 aromatic rings. The number of nitrogens with one attached hydrogen (secondary N) is 1. The molecule has 0 saturated heterocycles. The topological polar surface area (TPSA) is 69.6 Å². The minimum Gasteiger partial charge on any atom is -0.480 e. The Labute approximate surface area is 136 Å². The molecule has 5 nitrogen and oxygen atoms in total. The van der Waals surface area contributed by atoms with Crippen LogP contribution in [0.5, 0.6) is 0 Å². The third-order valence-corrected chi connectivity index (χ3v) is 5.18. The van der Waals surface area contributed by atoms with E-state index in [9.17, 15) is 9.59 Å². The van der Waals surface area contributed by atoms with Crippen LogP contribution in [0.3, 0.4) is 0 Å². The van der Waals surface area contributed by atoms with Crippen molar-refractivity contribution in [3.63, 3.8) is 0 Å². The Kier molecular flexibility index (Phi) is 4.55.